The van der Waals surface area contributed by atoms with Gasteiger partial charge in [0.2, 0.25) is 0 Å². The molecule has 0 fully saturated rings. The van der Waals surface area contributed by atoms with Crippen LogP contribution >= 0.6 is 0 Å². The number of hydrogen-bond acceptors (Lipinski definition) is 3. The van der Waals surface area contributed by atoms with E-state index in [1.165, 1.54) is 5.56 Å². The lowest BCUT2D eigenvalue weighted by atomic mass is 9.95. The fourth-order valence-electron chi connectivity index (χ4n) is 2.38. The molecule has 2 N–H and O–H groups in total. The monoisotopic (exact) mass is 253 g/mol. The Balaban J connectivity index is 1.88. The van der Waals surface area contributed by atoms with Gasteiger partial charge in [-0.15, -0.1) is 0 Å². The van der Waals surface area contributed by atoms with Gasteiger partial charge in [0.05, 0.1) is 0 Å². The standard InChI is InChI=1S/C15H15N3O/c19-15(18-12-4-7-16-8-5-12)14-3-1-2-11-10-17-9-6-13(11)14/h1-5,7-8,17H,6,9-10H2,(H,16,18,19). The van der Waals surface area contributed by atoms with Gasteiger partial charge in [-0.05, 0) is 42.3 Å². The van der Waals surface area contributed by atoms with Crippen molar-refractivity contribution in [3.8, 4) is 0 Å². The molecule has 1 aromatic heterocycles. The normalized spacial score (nSPS) is 13.7. The fraction of sp³-hybridized carbons (Fsp3) is 0.200. The van der Waals surface area contributed by atoms with E-state index in [4.69, 9.17) is 0 Å². The van der Waals surface area contributed by atoms with Crippen LogP contribution in [0.2, 0.25) is 0 Å². The maximum absolute atomic E-state index is 12.3. The number of nitrogens with one attached hydrogen (secondary N) is 2. The van der Waals surface area contributed by atoms with Crippen LogP contribution in [0.4, 0.5) is 5.69 Å². The third-order valence-electron chi connectivity index (χ3n) is 3.32. The third kappa shape index (κ3) is 2.48. The molecule has 0 saturated carbocycles. The summed E-state index contributed by atoms with van der Waals surface area (Å²) in [4.78, 5) is 16.3. The van der Waals surface area contributed by atoms with Crippen LogP contribution in [0.5, 0.6) is 0 Å². The van der Waals surface area contributed by atoms with E-state index in [0.29, 0.717) is 0 Å². The Morgan fingerprint density at radius 1 is 1.21 bits per heavy atom. The summed E-state index contributed by atoms with van der Waals surface area (Å²) >= 11 is 0. The lowest BCUT2D eigenvalue weighted by Gasteiger charge is -2.19. The lowest BCUT2D eigenvalue weighted by Crippen LogP contribution is -2.26. The maximum Gasteiger partial charge on any atom is 0.255 e. The largest absolute Gasteiger partial charge is 0.322 e. The molecular formula is C15H15N3O. The second-order valence-corrected chi connectivity index (χ2v) is 4.56. The Labute approximate surface area is 111 Å². The summed E-state index contributed by atoms with van der Waals surface area (Å²) in [6, 6.07) is 9.47. The second kappa shape index (κ2) is 5.20. The van der Waals surface area contributed by atoms with E-state index < -0.39 is 0 Å². The molecule has 0 spiro atoms. The average molecular weight is 253 g/mol. The van der Waals surface area contributed by atoms with Crippen LogP contribution in [0.3, 0.4) is 0 Å². The maximum atomic E-state index is 12.3. The van der Waals surface area contributed by atoms with Crippen molar-refractivity contribution in [1.29, 1.82) is 0 Å². The van der Waals surface area contributed by atoms with Crippen molar-refractivity contribution >= 4 is 11.6 Å². The second-order valence-electron chi connectivity index (χ2n) is 4.56. The summed E-state index contributed by atoms with van der Waals surface area (Å²) in [5, 5.41) is 6.23. The van der Waals surface area contributed by atoms with Crippen LogP contribution in [0.15, 0.2) is 42.7 Å². The SMILES string of the molecule is O=C(Nc1ccncc1)c1cccc2c1CCNC2. The highest BCUT2D eigenvalue weighted by Gasteiger charge is 2.17. The minimum Gasteiger partial charge on any atom is -0.322 e. The Hall–Kier alpha value is -2.20. The van der Waals surface area contributed by atoms with Crippen LogP contribution in [0.25, 0.3) is 0 Å². The number of pyridine rings is 1. The molecule has 4 nitrogen and oxygen atoms in total. The van der Waals surface area contributed by atoms with E-state index in [2.05, 4.69) is 21.7 Å². The Morgan fingerprint density at radius 3 is 2.89 bits per heavy atom. The molecule has 1 aliphatic heterocycles. The number of carbonyl (C=O) groups is 1. The van der Waals surface area contributed by atoms with Crippen molar-refractivity contribution in [1.82, 2.24) is 10.3 Å². The molecule has 0 saturated heterocycles. The molecule has 1 amide bonds. The van der Waals surface area contributed by atoms with Crippen LogP contribution in [-0.4, -0.2) is 17.4 Å². The van der Waals surface area contributed by atoms with Gasteiger partial charge in [0.1, 0.15) is 0 Å². The van der Waals surface area contributed by atoms with Gasteiger partial charge in [-0.1, -0.05) is 12.1 Å². The molecule has 0 unspecified atom stereocenters. The van der Waals surface area contributed by atoms with Crippen molar-refractivity contribution in [3.05, 3.63) is 59.4 Å². The first kappa shape index (κ1) is 11.9. The van der Waals surface area contributed by atoms with Crippen molar-refractivity contribution in [2.24, 2.45) is 0 Å². The molecule has 19 heavy (non-hydrogen) atoms. The zero-order chi connectivity index (χ0) is 13.1. The smallest absolute Gasteiger partial charge is 0.255 e. The van der Waals surface area contributed by atoms with Crippen LogP contribution < -0.4 is 10.6 Å². The molecule has 3 rings (SSSR count). The first-order valence-electron chi connectivity index (χ1n) is 6.37. The molecule has 4 heteroatoms. The quantitative estimate of drug-likeness (QED) is 0.860. The van der Waals surface area contributed by atoms with Gasteiger partial charge in [0.15, 0.2) is 0 Å². The number of aromatic nitrogens is 1. The van der Waals surface area contributed by atoms with E-state index in [9.17, 15) is 4.79 Å². The van der Waals surface area contributed by atoms with Crippen molar-refractivity contribution in [2.75, 3.05) is 11.9 Å². The molecule has 1 aromatic carbocycles. The lowest BCUT2D eigenvalue weighted by molar-refractivity contribution is 0.102. The number of anilines is 1. The minimum absolute atomic E-state index is 0.0510. The first-order chi connectivity index (χ1) is 9.34. The highest BCUT2D eigenvalue weighted by Crippen LogP contribution is 2.19. The van der Waals surface area contributed by atoms with E-state index in [-0.39, 0.29) is 5.91 Å². The molecule has 0 bridgehead atoms. The number of rotatable bonds is 2. The molecule has 0 aliphatic carbocycles. The number of hydrogen-bond donors (Lipinski definition) is 2. The molecule has 0 radical (unpaired) electrons. The van der Waals surface area contributed by atoms with Gasteiger partial charge in [-0.3, -0.25) is 9.78 Å². The zero-order valence-corrected chi connectivity index (χ0v) is 10.5. The molecule has 96 valence electrons. The summed E-state index contributed by atoms with van der Waals surface area (Å²) in [7, 11) is 0. The van der Waals surface area contributed by atoms with Crippen molar-refractivity contribution in [3.63, 3.8) is 0 Å². The fourth-order valence-corrected chi connectivity index (χ4v) is 2.38. The Morgan fingerprint density at radius 2 is 2.05 bits per heavy atom. The summed E-state index contributed by atoms with van der Waals surface area (Å²) in [5.41, 5.74) is 3.92. The Kier molecular flexibility index (Phi) is 3.25. The number of fused-ring (bicyclic) bond motifs is 1. The van der Waals surface area contributed by atoms with E-state index in [1.807, 2.05) is 12.1 Å². The summed E-state index contributed by atoms with van der Waals surface area (Å²) < 4.78 is 0. The topological polar surface area (TPSA) is 54.0 Å². The van der Waals surface area contributed by atoms with E-state index >= 15 is 0 Å². The molecule has 2 heterocycles. The predicted molar refractivity (Wildman–Crippen MR) is 74.0 cm³/mol. The highest BCUT2D eigenvalue weighted by molar-refractivity contribution is 6.05. The molecular weight excluding hydrogens is 238 g/mol. The van der Waals surface area contributed by atoms with E-state index in [1.54, 1.807) is 24.5 Å². The highest BCUT2D eigenvalue weighted by atomic mass is 16.1. The van der Waals surface area contributed by atoms with Gasteiger partial charge < -0.3 is 10.6 Å². The summed E-state index contributed by atoms with van der Waals surface area (Å²) in [6.45, 7) is 1.76. The van der Waals surface area contributed by atoms with Gasteiger partial charge in [0, 0.05) is 30.2 Å². The van der Waals surface area contributed by atoms with Crippen molar-refractivity contribution < 1.29 is 4.79 Å². The van der Waals surface area contributed by atoms with Crippen LogP contribution in [0.1, 0.15) is 21.5 Å². The first-order valence-corrected chi connectivity index (χ1v) is 6.37. The molecule has 1 aliphatic rings. The third-order valence-corrected chi connectivity index (χ3v) is 3.32. The number of amides is 1. The summed E-state index contributed by atoms with van der Waals surface area (Å²) in [6.07, 6.45) is 4.23. The van der Waals surface area contributed by atoms with Crippen LogP contribution in [0, 0.1) is 0 Å². The number of benzene rings is 1. The average Bonchev–Trinajstić information content (AvgIpc) is 2.47. The predicted octanol–water partition coefficient (Wildman–Crippen LogP) is 1.98. The number of nitrogens with zero attached hydrogens (tertiary/aromatic N) is 1. The van der Waals surface area contributed by atoms with Gasteiger partial charge in [0.25, 0.3) is 5.91 Å². The zero-order valence-electron chi connectivity index (χ0n) is 10.5. The Bertz CT molecular complexity index is 596. The van der Waals surface area contributed by atoms with Gasteiger partial charge >= 0.3 is 0 Å². The van der Waals surface area contributed by atoms with E-state index in [0.717, 1.165) is 36.3 Å². The summed E-state index contributed by atoms with van der Waals surface area (Å²) in [5.74, 6) is -0.0510. The van der Waals surface area contributed by atoms with Crippen molar-refractivity contribution in [2.45, 2.75) is 13.0 Å². The van der Waals surface area contributed by atoms with Gasteiger partial charge in [-0.2, -0.15) is 0 Å². The molecule has 2 aromatic rings. The minimum atomic E-state index is -0.0510. The van der Waals surface area contributed by atoms with Crippen LogP contribution in [-0.2, 0) is 13.0 Å². The van der Waals surface area contributed by atoms with Gasteiger partial charge in [-0.25, -0.2) is 0 Å². The molecule has 0 atom stereocenters. The number of carbonyl (C=O) groups excluding carboxylic acids is 1.